The zero-order valence-electron chi connectivity index (χ0n) is 18.3. The Morgan fingerprint density at radius 3 is 1.70 bits per heavy atom. The molecule has 3 aliphatic rings. The summed E-state index contributed by atoms with van der Waals surface area (Å²) in [5, 5.41) is 0. The van der Waals surface area contributed by atoms with Gasteiger partial charge in [-0.25, -0.2) is 0 Å². The van der Waals surface area contributed by atoms with Gasteiger partial charge < -0.3 is 0 Å². The molecule has 4 rings (SSSR count). The molecule has 1 saturated carbocycles. The van der Waals surface area contributed by atoms with E-state index in [1.165, 1.54) is 17.5 Å². The smallest absolute Gasteiger partial charge is 0.233 e. The highest BCUT2D eigenvalue weighted by Crippen LogP contribution is 2.50. The Labute approximate surface area is 177 Å². The Hall–Kier alpha value is -2.50. The maximum absolute atomic E-state index is 13.4. The predicted molar refractivity (Wildman–Crippen MR) is 111 cm³/mol. The van der Waals surface area contributed by atoms with Crippen LogP contribution in [0.3, 0.4) is 0 Å². The molecule has 6 heteroatoms. The zero-order chi connectivity index (χ0) is 22.0. The van der Waals surface area contributed by atoms with Crippen molar-refractivity contribution >= 4 is 23.6 Å². The minimum atomic E-state index is -0.493. The van der Waals surface area contributed by atoms with Crippen molar-refractivity contribution in [1.29, 1.82) is 0 Å². The maximum Gasteiger partial charge on any atom is 0.233 e. The van der Waals surface area contributed by atoms with Crippen LogP contribution in [0, 0.1) is 29.1 Å². The van der Waals surface area contributed by atoms with E-state index < -0.39 is 23.7 Å². The summed E-state index contributed by atoms with van der Waals surface area (Å²) in [4.78, 5) is 54.2. The molecule has 1 aliphatic carbocycles. The minimum absolute atomic E-state index is 0.133. The molecular weight excluding hydrogens is 380 g/mol. The van der Waals surface area contributed by atoms with Crippen molar-refractivity contribution in [2.45, 2.75) is 52.5 Å². The standard InChI is InChI=1S/C24H30N2O4/c1-13(15-9-7-6-8-10-15)24(3,4)14(2)26-22(29)18-11-16-17(12-19(18)23(26)30)21(28)25(5)20(16)27/h6-10,13-14,16-19H,11-12H2,1-5H3. The molecule has 0 bridgehead atoms. The molecule has 30 heavy (non-hydrogen) atoms. The van der Waals surface area contributed by atoms with E-state index in [4.69, 9.17) is 0 Å². The molecule has 2 heterocycles. The summed E-state index contributed by atoms with van der Waals surface area (Å²) < 4.78 is 0. The number of fused-ring (bicyclic) bond motifs is 2. The highest BCUT2D eigenvalue weighted by Gasteiger charge is 2.60. The second-order valence-corrected chi connectivity index (χ2v) is 9.81. The molecule has 1 aromatic carbocycles. The van der Waals surface area contributed by atoms with E-state index >= 15 is 0 Å². The maximum atomic E-state index is 13.4. The van der Waals surface area contributed by atoms with E-state index in [1.807, 2.05) is 25.1 Å². The number of carbonyl (C=O) groups excluding carboxylic acids is 4. The number of amides is 4. The van der Waals surface area contributed by atoms with Crippen LogP contribution in [0.4, 0.5) is 0 Å². The van der Waals surface area contributed by atoms with Crippen LogP contribution in [-0.4, -0.2) is 46.5 Å². The summed E-state index contributed by atoms with van der Waals surface area (Å²) in [5.74, 6) is -2.58. The second kappa shape index (κ2) is 7.03. The van der Waals surface area contributed by atoms with Crippen LogP contribution >= 0.6 is 0 Å². The van der Waals surface area contributed by atoms with Crippen molar-refractivity contribution in [3.63, 3.8) is 0 Å². The van der Waals surface area contributed by atoms with Gasteiger partial charge in [-0.15, -0.1) is 0 Å². The molecule has 0 spiro atoms. The van der Waals surface area contributed by atoms with Gasteiger partial charge in [0.05, 0.1) is 23.7 Å². The number of nitrogens with zero attached hydrogens (tertiary/aromatic N) is 2. The van der Waals surface area contributed by atoms with Gasteiger partial charge in [-0.1, -0.05) is 51.1 Å². The Balaban J connectivity index is 1.59. The van der Waals surface area contributed by atoms with Gasteiger partial charge in [-0.2, -0.15) is 0 Å². The molecule has 6 nitrogen and oxygen atoms in total. The van der Waals surface area contributed by atoms with Crippen LogP contribution in [0.25, 0.3) is 0 Å². The average molecular weight is 411 g/mol. The van der Waals surface area contributed by atoms with E-state index in [2.05, 4.69) is 32.9 Å². The highest BCUT2D eigenvalue weighted by molar-refractivity contribution is 6.09. The van der Waals surface area contributed by atoms with Crippen molar-refractivity contribution < 1.29 is 19.2 Å². The first-order valence-electron chi connectivity index (χ1n) is 10.8. The third-order valence-electron chi connectivity index (χ3n) is 8.27. The lowest BCUT2D eigenvalue weighted by Crippen LogP contribution is -2.49. The Bertz CT molecular complexity index is 867. The number of likely N-dealkylation sites (tertiary alicyclic amines) is 2. The number of carbonyl (C=O) groups is 4. The number of hydrogen-bond acceptors (Lipinski definition) is 4. The summed E-state index contributed by atoms with van der Waals surface area (Å²) in [6, 6.07) is 9.81. The lowest BCUT2D eigenvalue weighted by Gasteiger charge is -2.42. The molecule has 3 fully saturated rings. The predicted octanol–water partition coefficient (Wildman–Crippen LogP) is 2.83. The summed E-state index contributed by atoms with van der Waals surface area (Å²) in [6.45, 7) is 8.25. The topological polar surface area (TPSA) is 74.8 Å². The zero-order valence-corrected chi connectivity index (χ0v) is 18.3. The van der Waals surface area contributed by atoms with Crippen molar-refractivity contribution in [1.82, 2.24) is 9.80 Å². The molecule has 1 aromatic rings. The summed E-state index contributed by atoms with van der Waals surface area (Å²) in [6.07, 6.45) is 0.597. The Kier molecular flexibility index (Phi) is 4.87. The molecular formula is C24H30N2O4. The van der Waals surface area contributed by atoms with E-state index in [-0.39, 0.29) is 41.0 Å². The molecule has 0 aromatic heterocycles. The highest BCUT2D eigenvalue weighted by atomic mass is 16.2. The fraction of sp³-hybridized carbons (Fsp3) is 0.583. The van der Waals surface area contributed by atoms with Gasteiger partial charge in [0.2, 0.25) is 23.6 Å². The number of imide groups is 2. The lowest BCUT2D eigenvalue weighted by molar-refractivity contribution is -0.145. The summed E-state index contributed by atoms with van der Waals surface area (Å²) in [7, 11) is 1.49. The second-order valence-electron chi connectivity index (χ2n) is 9.81. The van der Waals surface area contributed by atoms with Gasteiger partial charge in [0.25, 0.3) is 0 Å². The molecule has 6 unspecified atom stereocenters. The van der Waals surface area contributed by atoms with Crippen molar-refractivity contribution in [3.05, 3.63) is 35.9 Å². The van der Waals surface area contributed by atoms with Crippen molar-refractivity contribution in [3.8, 4) is 0 Å². The molecule has 2 saturated heterocycles. The van der Waals surface area contributed by atoms with Crippen LogP contribution in [0.15, 0.2) is 30.3 Å². The largest absolute Gasteiger partial charge is 0.285 e. The Morgan fingerprint density at radius 1 is 0.800 bits per heavy atom. The summed E-state index contributed by atoms with van der Waals surface area (Å²) in [5.41, 5.74) is 0.821. The first-order chi connectivity index (χ1) is 14.1. The quantitative estimate of drug-likeness (QED) is 0.716. The van der Waals surface area contributed by atoms with Crippen LogP contribution < -0.4 is 0 Å². The molecule has 160 valence electrons. The molecule has 2 aliphatic heterocycles. The lowest BCUT2D eigenvalue weighted by atomic mass is 9.70. The van der Waals surface area contributed by atoms with Gasteiger partial charge in [0, 0.05) is 13.1 Å². The number of benzene rings is 1. The summed E-state index contributed by atoms with van der Waals surface area (Å²) >= 11 is 0. The third kappa shape index (κ3) is 2.83. The SMILES string of the molecule is CC(c1ccccc1)C(C)(C)C(C)N1C(=O)C2CC3C(=O)N(C)C(=O)C3CC2C1=O. The fourth-order valence-corrected chi connectivity index (χ4v) is 5.62. The number of rotatable bonds is 4. The monoisotopic (exact) mass is 410 g/mol. The van der Waals surface area contributed by atoms with E-state index in [0.29, 0.717) is 12.8 Å². The van der Waals surface area contributed by atoms with E-state index in [9.17, 15) is 19.2 Å². The van der Waals surface area contributed by atoms with Gasteiger partial charge >= 0.3 is 0 Å². The third-order valence-corrected chi connectivity index (χ3v) is 8.27. The molecule has 0 radical (unpaired) electrons. The van der Waals surface area contributed by atoms with Crippen LogP contribution in [-0.2, 0) is 19.2 Å². The van der Waals surface area contributed by atoms with Crippen LogP contribution in [0.5, 0.6) is 0 Å². The normalized spacial score (nSPS) is 31.1. The van der Waals surface area contributed by atoms with Gasteiger partial charge in [0.15, 0.2) is 0 Å². The first kappa shape index (κ1) is 20.8. The number of hydrogen-bond donors (Lipinski definition) is 0. The van der Waals surface area contributed by atoms with Crippen molar-refractivity contribution in [2.24, 2.45) is 29.1 Å². The fourth-order valence-electron chi connectivity index (χ4n) is 5.62. The van der Waals surface area contributed by atoms with Crippen LogP contribution in [0.2, 0.25) is 0 Å². The average Bonchev–Trinajstić information content (AvgIpc) is 3.11. The van der Waals surface area contributed by atoms with Gasteiger partial charge in [-0.3, -0.25) is 29.0 Å². The molecule has 0 N–H and O–H groups in total. The Morgan fingerprint density at radius 2 is 1.23 bits per heavy atom. The van der Waals surface area contributed by atoms with Gasteiger partial charge in [-0.05, 0) is 36.7 Å². The van der Waals surface area contributed by atoms with E-state index in [1.54, 1.807) is 0 Å². The van der Waals surface area contributed by atoms with E-state index in [0.717, 1.165) is 4.90 Å². The van der Waals surface area contributed by atoms with Gasteiger partial charge in [0.1, 0.15) is 0 Å². The van der Waals surface area contributed by atoms with Crippen LogP contribution in [0.1, 0.15) is 52.0 Å². The first-order valence-corrected chi connectivity index (χ1v) is 10.8. The minimum Gasteiger partial charge on any atom is -0.285 e. The molecule has 6 atom stereocenters. The molecule has 4 amide bonds. The van der Waals surface area contributed by atoms with Crippen molar-refractivity contribution in [2.75, 3.05) is 7.05 Å².